The van der Waals surface area contributed by atoms with Crippen molar-refractivity contribution >= 4 is 26.5 Å². The molecule has 3 aromatic carbocycles. The molecule has 1 aliphatic heterocycles. The third-order valence-electron chi connectivity index (χ3n) is 7.74. The Bertz CT molecular complexity index is 1370. The molecule has 0 saturated carbocycles. The van der Waals surface area contributed by atoms with Gasteiger partial charge in [0.2, 0.25) is 5.91 Å². The van der Waals surface area contributed by atoms with Crippen LogP contribution in [0, 0.1) is 0 Å². The van der Waals surface area contributed by atoms with E-state index in [0.29, 0.717) is 0 Å². The van der Waals surface area contributed by atoms with E-state index in [2.05, 4.69) is 28.4 Å². The molecule has 196 valence electrons. The van der Waals surface area contributed by atoms with Crippen LogP contribution in [-0.4, -0.2) is 49.3 Å². The Kier molecular flexibility index (Phi) is 7.93. The van der Waals surface area contributed by atoms with E-state index in [1.54, 1.807) is 18.2 Å². The van der Waals surface area contributed by atoms with E-state index < -0.39 is 21.8 Å². The molecule has 5 rings (SSSR count). The molecular weight excluding hydrogens is 484 g/mol. The van der Waals surface area contributed by atoms with Gasteiger partial charge in [-0.15, -0.1) is 0 Å². The average molecular weight is 521 g/mol. The summed E-state index contributed by atoms with van der Waals surface area (Å²) in [7, 11) is -3.62. The van der Waals surface area contributed by atoms with E-state index in [1.807, 2.05) is 24.3 Å². The lowest BCUT2D eigenvalue weighted by Crippen LogP contribution is -2.39. The Morgan fingerprint density at radius 1 is 0.973 bits per heavy atom. The molecule has 1 amide bonds. The lowest BCUT2D eigenvalue weighted by atomic mass is 9.86. The minimum Gasteiger partial charge on any atom is -0.383 e. The second-order valence-electron chi connectivity index (χ2n) is 10.5. The van der Waals surface area contributed by atoms with Gasteiger partial charge < -0.3 is 10.4 Å². The average Bonchev–Trinajstić information content (AvgIpc) is 2.92. The van der Waals surface area contributed by atoms with Crippen molar-refractivity contribution in [2.45, 2.75) is 68.5 Å². The molecule has 1 unspecified atom stereocenters. The molecule has 3 aromatic rings. The van der Waals surface area contributed by atoms with Crippen molar-refractivity contribution in [3.05, 3.63) is 77.4 Å². The van der Waals surface area contributed by atoms with E-state index in [9.17, 15) is 18.3 Å². The maximum Gasteiger partial charge on any atom is 0.249 e. The van der Waals surface area contributed by atoms with Crippen LogP contribution in [0.1, 0.15) is 61.3 Å². The normalized spacial score (nSPS) is 19.3. The van der Waals surface area contributed by atoms with Crippen LogP contribution in [0.2, 0.25) is 0 Å². The summed E-state index contributed by atoms with van der Waals surface area (Å²) in [5, 5.41) is 15.3. The summed E-state index contributed by atoms with van der Waals surface area (Å²) < 4.78 is 25.8. The van der Waals surface area contributed by atoms with E-state index in [0.717, 1.165) is 55.2 Å². The second-order valence-corrected chi connectivity index (χ2v) is 12.6. The molecule has 2 atom stereocenters. The van der Waals surface area contributed by atoms with E-state index in [-0.39, 0.29) is 23.1 Å². The molecule has 2 N–H and O–H groups in total. The molecule has 0 radical (unpaired) electrons. The number of sulfone groups is 1. The number of aliphatic hydroxyl groups is 1. The van der Waals surface area contributed by atoms with Gasteiger partial charge in [-0.2, -0.15) is 0 Å². The molecule has 0 aromatic heterocycles. The molecule has 1 fully saturated rings. The first-order valence-corrected chi connectivity index (χ1v) is 15.1. The highest BCUT2D eigenvalue weighted by molar-refractivity contribution is 7.91. The summed E-state index contributed by atoms with van der Waals surface area (Å²) in [5.41, 5.74) is 3.68. The maximum absolute atomic E-state index is 12.9. The number of carbonyl (C=O) groups excluding carboxylic acids is 1. The van der Waals surface area contributed by atoms with Gasteiger partial charge in [-0.25, -0.2) is 8.42 Å². The Hall–Kier alpha value is -2.74. The SMILES string of the molecule is O=C(NC1CCCc2cc(CN3CCCCC3)ccc21)[C@@H](O)CCS(=O)(=O)c1ccc2ccccc2c1. The third kappa shape index (κ3) is 6.22. The summed E-state index contributed by atoms with van der Waals surface area (Å²) >= 11 is 0. The number of fused-ring (bicyclic) bond motifs is 2. The predicted octanol–water partition coefficient (Wildman–Crippen LogP) is 4.54. The lowest BCUT2D eigenvalue weighted by molar-refractivity contribution is -0.130. The smallest absolute Gasteiger partial charge is 0.249 e. The van der Waals surface area contributed by atoms with Crippen molar-refractivity contribution in [3.63, 3.8) is 0 Å². The first kappa shape index (κ1) is 25.9. The van der Waals surface area contributed by atoms with Gasteiger partial charge in [0.15, 0.2) is 9.84 Å². The zero-order valence-electron chi connectivity index (χ0n) is 21.2. The zero-order chi connectivity index (χ0) is 25.8. The van der Waals surface area contributed by atoms with Crippen LogP contribution in [-0.2, 0) is 27.6 Å². The summed E-state index contributed by atoms with van der Waals surface area (Å²) in [6.45, 7) is 3.28. The number of hydrogen-bond donors (Lipinski definition) is 2. The second kappa shape index (κ2) is 11.3. The van der Waals surface area contributed by atoms with Crippen LogP contribution in [0.15, 0.2) is 65.6 Å². The maximum atomic E-state index is 12.9. The quantitative estimate of drug-likeness (QED) is 0.455. The topological polar surface area (TPSA) is 86.7 Å². The van der Waals surface area contributed by atoms with Crippen LogP contribution in [0.4, 0.5) is 0 Å². The number of aliphatic hydroxyl groups excluding tert-OH is 1. The Labute approximate surface area is 219 Å². The van der Waals surface area contributed by atoms with Gasteiger partial charge in [-0.1, -0.05) is 55.0 Å². The largest absolute Gasteiger partial charge is 0.383 e. The van der Waals surface area contributed by atoms with Crippen LogP contribution in [0.5, 0.6) is 0 Å². The molecule has 6 nitrogen and oxygen atoms in total. The molecule has 37 heavy (non-hydrogen) atoms. The summed E-state index contributed by atoms with van der Waals surface area (Å²) in [5.74, 6) is -0.801. The minimum atomic E-state index is -3.62. The summed E-state index contributed by atoms with van der Waals surface area (Å²) in [4.78, 5) is 15.5. The first-order chi connectivity index (χ1) is 17.9. The fraction of sp³-hybridized carbons (Fsp3) is 0.433. The van der Waals surface area contributed by atoms with E-state index >= 15 is 0 Å². The summed E-state index contributed by atoms with van der Waals surface area (Å²) in [6.07, 6.45) is 5.11. The fourth-order valence-corrected chi connectivity index (χ4v) is 6.99. The van der Waals surface area contributed by atoms with Gasteiger partial charge in [-0.05, 0) is 91.2 Å². The molecule has 1 saturated heterocycles. The van der Waals surface area contributed by atoms with Crippen molar-refractivity contribution < 1.29 is 18.3 Å². The minimum absolute atomic E-state index is 0.144. The third-order valence-corrected chi connectivity index (χ3v) is 9.48. The van der Waals surface area contributed by atoms with Crippen LogP contribution in [0.25, 0.3) is 10.8 Å². The number of carbonyl (C=O) groups is 1. The monoisotopic (exact) mass is 520 g/mol. The van der Waals surface area contributed by atoms with Crippen molar-refractivity contribution in [3.8, 4) is 0 Å². The van der Waals surface area contributed by atoms with Crippen LogP contribution >= 0.6 is 0 Å². The summed E-state index contributed by atoms with van der Waals surface area (Å²) in [6, 6.07) is 19.0. The number of benzene rings is 3. The molecule has 2 aliphatic rings. The van der Waals surface area contributed by atoms with E-state index in [1.165, 1.54) is 30.4 Å². The van der Waals surface area contributed by atoms with Crippen LogP contribution in [0.3, 0.4) is 0 Å². The number of rotatable bonds is 8. The Balaban J connectivity index is 1.19. The number of hydrogen-bond acceptors (Lipinski definition) is 5. The van der Waals surface area contributed by atoms with Gasteiger partial charge in [0, 0.05) is 6.54 Å². The van der Waals surface area contributed by atoms with E-state index in [4.69, 9.17) is 0 Å². The number of nitrogens with zero attached hydrogens (tertiary/aromatic N) is 1. The lowest BCUT2D eigenvalue weighted by Gasteiger charge is -2.29. The highest BCUT2D eigenvalue weighted by Gasteiger charge is 2.26. The number of amides is 1. The van der Waals surface area contributed by atoms with Gasteiger partial charge in [0.25, 0.3) is 0 Å². The van der Waals surface area contributed by atoms with Crippen molar-refractivity contribution in [1.82, 2.24) is 10.2 Å². The van der Waals surface area contributed by atoms with Gasteiger partial charge in [0.05, 0.1) is 16.7 Å². The van der Waals surface area contributed by atoms with Gasteiger partial charge in [0.1, 0.15) is 6.10 Å². The van der Waals surface area contributed by atoms with Gasteiger partial charge in [-0.3, -0.25) is 9.69 Å². The number of likely N-dealkylation sites (tertiary alicyclic amines) is 1. The molecule has 0 bridgehead atoms. The van der Waals surface area contributed by atoms with Crippen molar-refractivity contribution in [1.29, 1.82) is 0 Å². The van der Waals surface area contributed by atoms with Crippen molar-refractivity contribution in [2.24, 2.45) is 0 Å². The Morgan fingerprint density at radius 3 is 2.57 bits per heavy atom. The number of nitrogens with one attached hydrogen (secondary N) is 1. The predicted molar refractivity (Wildman–Crippen MR) is 146 cm³/mol. The molecule has 0 spiro atoms. The number of aryl methyl sites for hydroxylation is 1. The first-order valence-electron chi connectivity index (χ1n) is 13.4. The zero-order valence-corrected chi connectivity index (χ0v) is 22.1. The highest BCUT2D eigenvalue weighted by Crippen LogP contribution is 2.31. The fourth-order valence-electron chi connectivity index (χ4n) is 5.64. The standard InChI is InChI=1S/C30H36N2O4S/c33-29(15-18-37(35,36)26-13-12-23-7-2-3-8-24(23)20-26)30(34)31-28-10-6-9-25-19-22(11-14-27(25)28)21-32-16-4-1-5-17-32/h2-3,7-8,11-14,19-20,28-29,33H,1,4-6,9-10,15-18,21H2,(H,31,34)/t28?,29-/m0/s1. The van der Waals surface area contributed by atoms with Gasteiger partial charge >= 0.3 is 0 Å². The molecule has 7 heteroatoms. The Morgan fingerprint density at radius 2 is 1.76 bits per heavy atom. The number of piperidine rings is 1. The van der Waals surface area contributed by atoms with Crippen molar-refractivity contribution in [2.75, 3.05) is 18.8 Å². The van der Waals surface area contributed by atoms with Crippen LogP contribution < -0.4 is 5.32 Å². The molecule has 1 heterocycles. The molecule has 1 aliphatic carbocycles. The molecular formula is C30H36N2O4S. The highest BCUT2D eigenvalue weighted by atomic mass is 32.2.